The molecule has 14 heavy (non-hydrogen) atoms. The molecule has 0 amide bonds. The number of hydrogen-bond acceptors (Lipinski definition) is 3. The van der Waals surface area contributed by atoms with E-state index in [1.165, 1.54) is 0 Å². The molecule has 0 spiro atoms. The number of halogens is 2. The third-order valence-corrected chi connectivity index (χ3v) is 2.47. The molecule has 1 aromatic heterocycles. The van der Waals surface area contributed by atoms with E-state index in [4.69, 9.17) is 16.1 Å². The van der Waals surface area contributed by atoms with Crippen molar-refractivity contribution in [3.63, 3.8) is 0 Å². The standard InChI is InChI=1S/C9H6BrClN2O/c1-5-4-6(10)2-3-7(5)8-12-9(11)13-14-8/h2-4H,1H3. The smallest absolute Gasteiger partial charge is 0.264 e. The van der Waals surface area contributed by atoms with Gasteiger partial charge in [-0.1, -0.05) is 15.9 Å². The maximum Gasteiger partial charge on any atom is 0.264 e. The minimum Gasteiger partial charge on any atom is -0.333 e. The van der Waals surface area contributed by atoms with Crippen LogP contribution < -0.4 is 0 Å². The predicted octanol–water partition coefficient (Wildman–Crippen LogP) is 3.46. The van der Waals surface area contributed by atoms with Gasteiger partial charge in [0.05, 0.1) is 0 Å². The minimum atomic E-state index is 0.127. The molecule has 72 valence electrons. The van der Waals surface area contributed by atoms with Gasteiger partial charge in [-0.05, 0) is 47.4 Å². The summed E-state index contributed by atoms with van der Waals surface area (Å²) >= 11 is 8.95. The van der Waals surface area contributed by atoms with Crippen LogP contribution in [-0.4, -0.2) is 10.1 Å². The van der Waals surface area contributed by atoms with Crippen LogP contribution in [0.5, 0.6) is 0 Å². The van der Waals surface area contributed by atoms with Gasteiger partial charge in [-0.2, -0.15) is 4.98 Å². The van der Waals surface area contributed by atoms with Crippen molar-refractivity contribution in [2.75, 3.05) is 0 Å². The minimum absolute atomic E-state index is 0.127. The zero-order valence-corrected chi connectivity index (χ0v) is 9.63. The summed E-state index contributed by atoms with van der Waals surface area (Å²) in [5.74, 6) is 0.444. The van der Waals surface area contributed by atoms with Gasteiger partial charge in [0.15, 0.2) is 0 Å². The Morgan fingerprint density at radius 2 is 2.21 bits per heavy atom. The zero-order valence-electron chi connectivity index (χ0n) is 7.29. The Morgan fingerprint density at radius 1 is 1.43 bits per heavy atom. The molecule has 0 aliphatic rings. The number of aryl methyl sites for hydroxylation is 1. The summed E-state index contributed by atoms with van der Waals surface area (Å²) in [6.45, 7) is 1.97. The quantitative estimate of drug-likeness (QED) is 0.798. The molecule has 0 aliphatic carbocycles. The van der Waals surface area contributed by atoms with Crippen molar-refractivity contribution in [1.82, 2.24) is 10.1 Å². The van der Waals surface area contributed by atoms with Crippen molar-refractivity contribution >= 4 is 27.5 Å². The Kier molecular flexibility index (Phi) is 2.56. The average molecular weight is 274 g/mol. The summed E-state index contributed by atoms with van der Waals surface area (Å²) in [6, 6.07) is 5.80. The lowest BCUT2D eigenvalue weighted by Crippen LogP contribution is -1.82. The summed E-state index contributed by atoms with van der Waals surface area (Å²) in [6.07, 6.45) is 0. The molecule has 2 aromatic rings. The lowest BCUT2D eigenvalue weighted by atomic mass is 10.1. The van der Waals surface area contributed by atoms with E-state index in [0.29, 0.717) is 5.89 Å². The molecular weight excluding hydrogens is 267 g/mol. The Balaban J connectivity index is 2.52. The highest BCUT2D eigenvalue weighted by Gasteiger charge is 2.09. The number of benzene rings is 1. The molecule has 0 bridgehead atoms. The Hall–Kier alpha value is -0.870. The molecule has 0 saturated carbocycles. The third kappa shape index (κ3) is 1.81. The van der Waals surface area contributed by atoms with Gasteiger partial charge in [-0.25, -0.2) is 0 Å². The summed E-state index contributed by atoms with van der Waals surface area (Å²) in [7, 11) is 0. The second-order valence-corrected chi connectivity index (χ2v) is 4.08. The van der Waals surface area contributed by atoms with E-state index >= 15 is 0 Å². The van der Waals surface area contributed by atoms with Crippen molar-refractivity contribution in [2.45, 2.75) is 6.92 Å². The summed E-state index contributed by atoms with van der Waals surface area (Å²) < 4.78 is 5.98. The normalized spacial score (nSPS) is 10.5. The van der Waals surface area contributed by atoms with E-state index in [0.717, 1.165) is 15.6 Å². The number of nitrogens with zero attached hydrogens (tertiary/aromatic N) is 2. The van der Waals surface area contributed by atoms with Crippen LogP contribution >= 0.6 is 27.5 Å². The second-order valence-electron chi connectivity index (χ2n) is 2.83. The molecule has 0 unspecified atom stereocenters. The van der Waals surface area contributed by atoms with E-state index in [1.54, 1.807) is 0 Å². The zero-order chi connectivity index (χ0) is 10.1. The largest absolute Gasteiger partial charge is 0.333 e. The molecule has 3 nitrogen and oxygen atoms in total. The van der Waals surface area contributed by atoms with Crippen molar-refractivity contribution in [3.05, 3.63) is 33.5 Å². The van der Waals surface area contributed by atoms with Crippen molar-refractivity contribution in [3.8, 4) is 11.5 Å². The maximum atomic E-state index is 5.57. The highest BCUT2D eigenvalue weighted by Crippen LogP contribution is 2.25. The lowest BCUT2D eigenvalue weighted by molar-refractivity contribution is 0.430. The van der Waals surface area contributed by atoms with Gasteiger partial charge < -0.3 is 4.52 Å². The summed E-state index contributed by atoms with van der Waals surface area (Å²) in [5.41, 5.74) is 1.95. The van der Waals surface area contributed by atoms with Gasteiger partial charge in [0.2, 0.25) is 0 Å². The van der Waals surface area contributed by atoms with Crippen LogP contribution in [0, 0.1) is 6.92 Å². The first kappa shape index (κ1) is 9.68. The van der Waals surface area contributed by atoms with Gasteiger partial charge in [-0.3, -0.25) is 0 Å². The van der Waals surface area contributed by atoms with E-state index in [9.17, 15) is 0 Å². The van der Waals surface area contributed by atoms with Crippen LogP contribution in [0.15, 0.2) is 27.2 Å². The molecule has 1 aromatic carbocycles. The van der Waals surface area contributed by atoms with Crippen LogP contribution in [0.3, 0.4) is 0 Å². The van der Waals surface area contributed by atoms with E-state index < -0.39 is 0 Å². The molecule has 0 N–H and O–H groups in total. The van der Waals surface area contributed by atoms with E-state index in [-0.39, 0.29) is 5.28 Å². The topological polar surface area (TPSA) is 38.9 Å². The van der Waals surface area contributed by atoms with E-state index in [1.807, 2.05) is 25.1 Å². The molecule has 0 saturated heterocycles. The number of hydrogen-bond donors (Lipinski definition) is 0. The first-order valence-corrected chi connectivity index (χ1v) is 5.09. The van der Waals surface area contributed by atoms with Gasteiger partial charge in [-0.15, -0.1) is 0 Å². The first-order valence-electron chi connectivity index (χ1n) is 3.92. The predicted molar refractivity (Wildman–Crippen MR) is 57.2 cm³/mol. The van der Waals surface area contributed by atoms with Crippen LogP contribution in [0.25, 0.3) is 11.5 Å². The van der Waals surface area contributed by atoms with Crippen LogP contribution in [0.2, 0.25) is 5.28 Å². The fourth-order valence-corrected chi connectivity index (χ4v) is 1.77. The Bertz CT molecular complexity index is 470. The third-order valence-electron chi connectivity index (χ3n) is 1.82. The van der Waals surface area contributed by atoms with Crippen LogP contribution in [-0.2, 0) is 0 Å². The van der Waals surface area contributed by atoms with Crippen molar-refractivity contribution in [1.29, 1.82) is 0 Å². The Labute approximate surface area is 94.2 Å². The van der Waals surface area contributed by atoms with Crippen molar-refractivity contribution in [2.24, 2.45) is 0 Å². The second kappa shape index (κ2) is 3.71. The lowest BCUT2D eigenvalue weighted by Gasteiger charge is -1.99. The fourth-order valence-electron chi connectivity index (χ4n) is 1.18. The van der Waals surface area contributed by atoms with Gasteiger partial charge in [0.1, 0.15) is 0 Å². The fraction of sp³-hybridized carbons (Fsp3) is 0.111. The number of rotatable bonds is 1. The average Bonchev–Trinajstić information content (AvgIpc) is 2.51. The molecular formula is C9H6BrClN2O. The Morgan fingerprint density at radius 3 is 2.79 bits per heavy atom. The van der Waals surface area contributed by atoms with Gasteiger partial charge in [0, 0.05) is 10.0 Å². The monoisotopic (exact) mass is 272 g/mol. The molecule has 0 radical (unpaired) electrons. The highest BCUT2D eigenvalue weighted by atomic mass is 79.9. The van der Waals surface area contributed by atoms with Gasteiger partial charge in [0.25, 0.3) is 11.2 Å². The molecule has 0 aliphatic heterocycles. The summed E-state index contributed by atoms with van der Waals surface area (Å²) in [5, 5.41) is 3.65. The molecule has 2 rings (SSSR count). The maximum absolute atomic E-state index is 5.57. The molecule has 0 atom stereocenters. The van der Waals surface area contributed by atoms with E-state index in [2.05, 4.69) is 26.1 Å². The van der Waals surface area contributed by atoms with Crippen LogP contribution in [0.1, 0.15) is 5.56 Å². The highest BCUT2D eigenvalue weighted by molar-refractivity contribution is 9.10. The first-order chi connectivity index (χ1) is 6.66. The van der Waals surface area contributed by atoms with Gasteiger partial charge >= 0.3 is 0 Å². The molecule has 1 heterocycles. The summed E-state index contributed by atoms with van der Waals surface area (Å²) in [4.78, 5) is 3.94. The van der Waals surface area contributed by atoms with Crippen molar-refractivity contribution < 1.29 is 4.52 Å². The SMILES string of the molecule is Cc1cc(Br)ccc1-c1nc(Cl)no1. The van der Waals surface area contributed by atoms with Crippen LogP contribution in [0.4, 0.5) is 0 Å². The number of aromatic nitrogens is 2. The molecule has 5 heteroatoms. The molecule has 0 fully saturated rings.